The molecule has 1 heterocycles. The molecule has 21 heavy (non-hydrogen) atoms. The quantitative estimate of drug-likeness (QED) is 0.887. The summed E-state index contributed by atoms with van der Waals surface area (Å²) in [6.45, 7) is 2.91. The SMILES string of the molecule is Cc1cncc(OCC(N)CN(C)c2cccc(F)c2)c1. The molecule has 0 aliphatic heterocycles. The van der Waals surface area contributed by atoms with Gasteiger partial charge in [0.15, 0.2) is 0 Å². The van der Waals surface area contributed by atoms with E-state index in [1.807, 2.05) is 31.0 Å². The zero-order valence-corrected chi connectivity index (χ0v) is 12.3. The summed E-state index contributed by atoms with van der Waals surface area (Å²) in [4.78, 5) is 5.97. The van der Waals surface area contributed by atoms with Crippen molar-refractivity contribution in [2.75, 3.05) is 25.1 Å². The van der Waals surface area contributed by atoms with Gasteiger partial charge in [-0.25, -0.2) is 4.39 Å². The van der Waals surface area contributed by atoms with Gasteiger partial charge in [-0.2, -0.15) is 0 Å². The third-order valence-electron chi connectivity index (χ3n) is 3.07. The van der Waals surface area contributed by atoms with Crippen molar-refractivity contribution in [1.29, 1.82) is 0 Å². The normalized spacial score (nSPS) is 12.0. The lowest BCUT2D eigenvalue weighted by Crippen LogP contribution is -2.39. The molecule has 0 fully saturated rings. The highest BCUT2D eigenvalue weighted by atomic mass is 19.1. The van der Waals surface area contributed by atoms with Gasteiger partial charge >= 0.3 is 0 Å². The van der Waals surface area contributed by atoms with Crippen molar-refractivity contribution in [3.63, 3.8) is 0 Å². The lowest BCUT2D eigenvalue weighted by atomic mass is 10.2. The number of nitrogens with two attached hydrogens (primary N) is 1. The molecule has 0 aliphatic carbocycles. The molecule has 2 aromatic rings. The predicted octanol–water partition coefficient (Wildman–Crippen LogP) is 2.37. The number of ether oxygens (including phenoxy) is 1. The van der Waals surface area contributed by atoms with E-state index in [0.29, 0.717) is 18.9 Å². The molecule has 5 heteroatoms. The highest BCUT2D eigenvalue weighted by molar-refractivity contribution is 5.45. The number of rotatable bonds is 6. The number of anilines is 1. The van der Waals surface area contributed by atoms with Crippen LogP contribution < -0.4 is 15.4 Å². The molecule has 112 valence electrons. The van der Waals surface area contributed by atoms with E-state index >= 15 is 0 Å². The van der Waals surface area contributed by atoms with E-state index in [9.17, 15) is 4.39 Å². The van der Waals surface area contributed by atoms with Crippen molar-refractivity contribution in [1.82, 2.24) is 4.98 Å². The first-order valence-electron chi connectivity index (χ1n) is 6.81. The Morgan fingerprint density at radius 3 is 2.86 bits per heavy atom. The average Bonchev–Trinajstić information content (AvgIpc) is 2.45. The zero-order chi connectivity index (χ0) is 15.2. The van der Waals surface area contributed by atoms with Crippen molar-refractivity contribution >= 4 is 5.69 Å². The highest BCUT2D eigenvalue weighted by Crippen LogP contribution is 2.14. The van der Waals surface area contributed by atoms with Crippen LogP contribution in [0, 0.1) is 12.7 Å². The fraction of sp³-hybridized carbons (Fsp3) is 0.312. The van der Waals surface area contributed by atoms with E-state index in [0.717, 1.165) is 11.3 Å². The van der Waals surface area contributed by atoms with Crippen LogP contribution >= 0.6 is 0 Å². The number of aromatic nitrogens is 1. The third kappa shape index (κ3) is 4.72. The second-order valence-electron chi connectivity index (χ2n) is 5.13. The Morgan fingerprint density at radius 1 is 1.33 bits per heavy atom. The molecule has 1 aromatic heterocycles. The first-order chi connectivity index (χ1) is 10.0. The monoisotopic (exact) mass is 289 g/mol. The number of hydrogen-bond donors (Lipinski definition) is 1. The van der Waals surface area contributed by atoms with Crippen LogP contribution in [-0.4, -0.2) is 31.2 Å². The van der Waals surface area contributed by atoms with Crippen molar-refractivity contribution in [2.24, 2.45) is 5.73 Å². The van der Waals surface area contributed by atoms with E-state index in [1.54, 1.807) is 18.5 Å². The topological polar surface area (TPSA) is 51.4 Å². The Morgan fingerprint density at radius 2 is 2.14 bits per heavy atom. The van der Waals surface area contributed by atoms with Crippen LogP contribution in [0.5, 0.6) is 5.75 Å². The van der Waals surface area contributed by atoms with Crippen LogP contribution in [0.25, 0.3) is 0 Å². The van der Waals surface area contributed by atoms with Gasteiger partial charge in [-0.15, -0.1) is 0 Å². The van der Waals surface area contributed by atoms with E-state index in [-0.39, 0.29) is 11.9 Å². The molecular weight excluding hydrogens is 269 g/mol. The molecule has 2 rings (SSSR count). The molecule has 2 N–H and O–H groups in total. The van der Waals surface area contributed by atoms with Gasteiger partial charge in [0, 0.05) is 25.5 Å². The molecule has 1 unspecified atom stereocenters. The summed E-state index contributed by atoms with van der Waals surface area (Å²) in [5, 5.41) is 0. The Kier molecular flexibility index (Phi) is 5.11. The van der Waals surface area contributed by atoms with Crippen LogP contribution in [-0.2, 0) is 0 Å². The molecule has 0 radical (unpaired) electrons. The Labute approximate surface area is 124 Å². The predicted molar refractivity (Wildman–Crippen MR) is 82.1 cm³/mol. The summed E-state index contributed by atoms with van der Waals surface area (Å²) < 4.78 is 18.8. The van der Waals surface area contributed by atoms with Crippen molar-refractivity contribution in [3.05, 3.63) is 54.1 Å². The van der Waals surface area contributed by atoms with E-state index in [1.165, 1.54) is 12.1 Å². The Hall–Kier alpha value is -2.14. The number of aryl methyl sites for hydroxylation is 1. The van der Waals surface area contributed by atoms with E-state index < -0.39 is 0 Å². The molecule has 0 saturated carbocycles. The van der Waals surface area contributed by atoms with Crippen molar-refractivity contribution in [3.8, 4) is 5.75 Å². The number of nitrogens with zero attached hydrogens (tertiary/aromatic N) is 2. The van der Waals surface area contributed by atoms with Gasteiger partial charge in [0.25, 0.3) is 0 Å². The highest BCUT2D eigenvalue weighted by Gasteiger charge is 2.09. The number of likely N-dealkylation sites (N-methyl/N-ethyl adjacent to an activating group) is 1. The Balaban J connectivity index is 1.85. The van der Waals surface area contributed by atoms with Crippen LogP contribution in [0.2, 0.25) is 0 Å². The minimum atomic E-state index is -0.255. The largest absolute Gasteiger partial charge is 0.490 e. The van der Waals surface area contributed by atoms with Gasteiger partial charge in [-0.05, 0) is 36.8 Å². The fourth-order valence-corrected chi connectivity index (χ4v) is 2.03. The molecule has 4 nitrogen and oxygen atoms in total. The summed E-state index contributed by atoms with van der Waals surface area (Å²) >= 11 is 0. The summed E-state index contributed by atoms with van der Waals surface area (Å²) in [7, 11) is 1.88. The number of hydrogen-bond acceptors (Lipinski definition) is 4. The number of benzene rings is 1. The lowest BCUT2D eigenvalue weighted by Gasteiger charge is -2.23. The first kappa shape index (κ1) is 15.3. The van der Waals surface area contributed by atoms with Gasteiger partial charge in [-0.3, -0.25) is 4.98 Å². The van der Waals surface area contributed by atoms with Crippen LogP contribution in [0.3, 0.4) is 0 Å². The maximum absolute atomic E-state index is 13.2. The molecule has 0 amide bonds. The first-order valence-corrected chi connectivity index (χ1v) is 6.81. The molecule has 1 atom stereocenters. The zero-order valence-electron chi connectivity index (χ0n) is 12.3. The van der Waals surface area contributed by atoms with E-state index in [2.05, 4.69) is 4.98 Å². The Bertz CT molecular complexity index is 591. The minimum absolute atomic E-state index is 0.182. The van der Waals surface area contributed by atoms with Crippen LogP contribution in [0.1, 0.15) is 5.56 Å². The van der Waals surface area contributed by atoms with Gasteiger partial charge in [0.2, 0.25) is 0 Å². The lowest BCUT2D eigenvalue weighted by molar-refractivity contribution is 0.288. The van der Waals surface area contributed by atoms with E-state index in [4.69, 9.17) is 10.5 Å². The minimum Gasteiger partial charge on any atom is -0.490 e. The van der Waals surface area contributed by atoms with Gasteiger partial charge in [0.05, 0.1) is 12.2 Å². The summed E-state index contributed by atoms with van der Waals surface area (Å²) in [6, 6.07) is 8.17. The van der Waals surface area contributed by atoms with Gasteiger partial charge in [-0.1, -0.05) is 6.07 Å². The fourth-order valence-electron chi connectivity index (χ4n) is 2.03. The molecule has 0 spiro atoms. The summed E-state index contributed by atoms with van der Waals surface area (Å²) in [5.74, 6) is 0.453. The standard InChI is InChI=1S/C16H20FN3O/c1-12-6-16(9-19-8-12)21-11-14(18)10-20(2)15-5-3-4-13(17)7-15/h3-9,14H,10-11,18H2,1-2H3. The van der Waals surface area contributed by atoms with Crippen molar-refractivity contribution in [2.45, 2.75) is 13.0 Å². The summed E-state index contributed by atoms with van der Waals surface area (Å²) in [6.07, 6.45) is 3.43. The van der Waals surface area contributed by atoms with Crippen LogP contribution in [0.4, 0.5) is 10.1 Å². The molecule has 0 aliphatic rings. The maximum Gasteiger partial charge on any atom is 0.137 e. The smallest absolute Gasteiger partial charge is 0.137 e. The van der Waals surface area contributed by atoms with Crippen LogP contribution in [0.15, 0.2) is 42.7 Å². The molecular formula is C16H20FN3O. The summed E-state index contributed by atoms with van der Waals surface area (Å²) in [5.41, 5.74) is 7.89. The maximum atomic E-state index is 13.2. The average molecular weight is 289 g/mol. The third-order valence-corrected chi connectivity index (χ3v) is 3.07. The second kappa shape index (κ2) is 7.04. The molecule has 0 saturated heterocycles. The molecule has 1 aromatic carbocycles. The van der Waals surface area contributed by atoms with Gasteiger partial charge < -0.3 is 15.4 Å². The number of pyridine rings is 1. The van der Waals surface area contributed by atoms with Gasteiger partial charge in [0.1, 0.15) is 18.2 Å². The second-order valence-corrected chi connectivity index (χ2v) is 5.13. The number of halogens is 1. The molecule has 0 bridgehead atoms. The van der Waals surface area contributed by atoms with Crippen molar-refractivity contribution < 1.29 is 9.13 Å².